The summed E-state index contributed by atoms with van der Waals surface area (Å²) in [6, 6.07) is 8.60. The molecule has 1 aromatic carbocycles. The second-order valence-electron chi connectivity index (χ2n) is 5.15. The van der Waals surface area contributed by atoms with E-state index in [-0.39, 0.29) is 0 Å². The van der Waals surface area contributed by atoms with Crippen LogP contribution in [0.4, 0.5) is 0 Å². The van der Waals surface area contributed by atoms with Crippen LogP contribution in [-0.4, -0.2) is 44.3 Å². The van der Waals surface area contributed by atoms with E-state index in [1.807, 2.05) is 0 Å². The lowest BCUT2D eigenvalue weighted by atomic mass is 10.1. The molecule has 100 valence electrons. The van der Waals surface area contributed by atoms with Crippen molar-refractivity contribution < 1.29 is 4.74 Å². The third kappa shape index (κ3) is 4.09. The van der Waals surface area contributed by atoms with Crippen molar-refractivity contribution >= 4 is 0 Å². The number of ether oxygens (including phenoxy) is 1. The van der Waals surface area contributed by atoms with Gasteiger partial charge in [0.25, 0.3) is 0 Å². The minimum Gasteiger partial charge on any atom is -0.376 e. The maximum absolute atomic E-state index is 5.71. The monoisotopic (exact) mass is 248 g/mol. The third-order valence-corrected chi connectivity index (χ3v) is 3.54. The van der Waals surface area contributed by atoms with Crippen LogP contribution in [0.5, 0.6) is 0 Å². The van der Waals surface area contributed by atoms with Gasteiger partial charge >= 0.3 is 0 Å². The summed E-state index contributed by atoms with van der Waals surface area (Å²) in [7, 11) is 2.18. The zero-order chi connectivity index (χ0) is 12.8. The fourth-order valence-corrected chi connectivity index (χ4v) is 2.33. The van der Waals surface area contributed by atoms with Crippen LogP contribution in [0.1, 0.15) is 17.5 Å². The van der Waals surface area contributed by atoms with Crippen LogP contribution in [0.3, 0.4) is 0 Å². The van der Waals surface area contributed by atoms with Gasteiger partial charge in [-0.2, -0.15) is 0 Å². The van der Waals surface area contributed by atoms with Crippen LogP contribution < -0.4 is 5.32 Å². The van der Waals surface area contributed by atoms with E-state index in [1.54, 1.807) is 0 Å². The van der Waals surface area contributed by atoms with Crippen LogP contribution in [0, 0.1) is 6.92 Å². The highest BCUT2D eigenvalue weighted by Gasteiger charge is 2.13. The Morgan fingerprint density at radius 2 is 2.22 bits per heavy atom. The summed E-state index contributed by atoms with van der Waals surface area (Å²) < 4.78 is 5.71. The number of nitrogens with one attached hydrogen (secondary N) is 1. The minimum absolute atomic E-state index is 0.387. The average molecular weight is 248 g/mol. The van der Waals surface area contributed by atoms with Gasteiger partial charge in [0, 0.05) is 26.2 Å². The normalized spacial score (nSPS) is 20.3. The molecule has 0 radical (unpaired) electrons. The highest BCUT2D eigenvalue weighted by atomic mass is 16.5. The molecule has 1 unspecified atom stereocenters. The van der Waals surface area contributed by atoms with E-state index in [4.69, 9.17) is 4.74 Å². The predicted octanol–water partition coefficient (Wildman–Crippen LogP) is 1.81. The Labute approximate surface area is 110 Å². The molecule has 18 heavy (non-hydrogen) atoms. The number of benzene rings is 1. The van der Waals surface area contributed by atoms with Gasteiger partial charge in [-0.3, -0.25) is 0 Å². The van der Waals surface area contributed by atoms with Crippen molar-refractivity contribution in [2.75, 3.05) is 33.3 Å². The first kappa shape index (κ1) is 13.5. The summed E-state index contributed by atoms with van der Waals surface area (Å²) >= 11 is 0. The first-order valence-electron chi connectivity index (χ1n) is 6.81. The van der Waals surface area contributed by atoms with Gasteiger partial charge in [-0.25, -0.2) is 0 Å². The molecule has 1 aromatic rings. The van der Waals surface area contributed by atoms with Crippen molar-refractivity contribution in [3.63, 3.8) is 0 Å². The molecule has 0 spiro atoms. The summed E-state index contributed by atoms with van der Waals surface area (Å²) in [5, 5.41) is 3.37. The van der Waals surface area contributed by atoms with E-state index in [9.17, 15) is 0 Å². The molecule has 0 aromatic heterocycles. The quantitative estimate of drug-likeness (QED) is 0.860. The van der Waals surface area contributed by atoms with Crippen molar-refractivity contribution in [3.8, 4) is 0 Å². The van der Waals surface area contributed by atoms with Gasteiger partial charge in [-0.1, -0.05) is 24.3 Å². The molecule has 1 aliphatic heterocycles. The van der Waals surface area contributed by atoms with Crippen LogP contribution in [0.15, 0.2) is 24.3 Å². The van der Waals surface area contributed by atoms with Crippen LogP contribution in [-0.2, 0) is 11.3 Å². The third-order valence-electron chi connectivity index (χ3n) is 3.54. The molecule has 1 aliphatic rings. The maximum atomic E-state index is 5.71. The smallest absolute Gasteiger partial charge is 0.0712 e. The van der Waals surface area contributed by atoms with E-state index in [0.29, 0.717) is 6.10 Å². The average Bonchev–Trinajstić information content (AvgIpc) is 2.40. The second kappa shape index (κ2) is 6.88. The second-order valence-corrected chi connectivity index (χ2v) is 5.15. The Balaban J connectivity index is 1.74. The number of aryl methyl sites for hydroxylation is 1. The highest BCUT2D eigenvalue weighted by Crippen LogP contribution is 2.10. The Morgan fingerprint density at radius 1 is 1.39 bits per heavy atom. The van der Waals surface area contributed by atoms with Crippen molar-refractivity contribution in [1.82, 2.24) is 10.2 Å². The van der Waals surface area contributed by atoms with Crippen molar-refractivity contribution in [1.29, 1.82) is 0 Å². The van der Waals surface area contributed by atoms with Crippen molar-refractivity contribution in [2.45, 2.75) is 26.0 Å². The van der Waals surface area contributed by atoms with Crippen LogP contribution in [0.2, 0.25) is 0 Å². The number of hydrogen-bond donors (Lipinski definition) is 1. The first-order chi connectivity index (χ1) is 8.75. The standard InChI is InChI=1S/C15H24N2O/c1-13-5-3-4-6-14(13)12-17(2)9-7-15-11-16-8-10-18-15/h3-6,15-16H,7-12H2,1-2H3. The zero-order valence-corrected chi connectivity index (χ0v) is 11.5. The maximum Gasteiger partial charge on any atom is 0.0712 e. The molecule has 2 rings (SSSR count). The van der Waals surface area contributed by atoms with E-state index in [0.717, 1.165) is 39.2 Å². The molecule has 0 amide bonds. The summed E-state index contributed by atoms with van der Waals surface area (Å²) in [4.78, 5) is 2.38. The largest absolute Gasteiger partial charge is 0.376 e. The van der Waals surface area contributed by atoms with Gasteiger partial charge in [-0.15, -0.1) is 0 Å². The molecule has 3 nitrogen and oxygen atoms in total. The molecule has 0 aliphatic carbocycles. The van der Waals surface area contributed by atoms with Crippen LogP contribution >= 0.6 is 0 Å². The molecular weight excluding hydrogens is 224 g/mol. The van der Waals surface area contributed by atoms with Gasteiger partial charge < -0.3 is 15.0 Å². The lowest BCUT2D eigenvalue weighted by molar-refractivity contribution is 0.0184. The Bertz CT molecular complexity index is 361. The molecule has 1 N–H and O–H groups in total. The molecular formula is C15H24N2O. The fraction of sp³-hybridized carbons (Fsp3) is 0.600. The van der Waals surface area contributed by atoms with Gasteiger partial charge in [0.15, 0.2) is 0 Å². The summed E-state index contributed by atoms with van der Waals surface area (Å²) in [6.07, 6.45) is 1.49. The molecule has 1 heterocycles. The van der Waals surface area contributed by atoms with Gasteiger partial charge in [0.2, 0.25) is 0 Å². The van der Waals surface area contributed by atoms with Crippen LogP contribution in [0.25, 0.3) is 0 Å². The van der Waals surface area contributed by atoms with E-state index in [2.05, 4.69) is 48.5 Å². The molecule has 1 fully saturated rings. The number of hydrogen-bond acceptors (Lipinski definition) is 3. The first-order valence-corrected chi connectivity index (χ1v) is 6.81. The van der Waals surface area contributed by atoms with Crippen molar-refractivity contribution in [2.24, 2.45) is 0 Å². The Kier molecular flexibility index (Phi) is 5.17. The summed E-state index contributed by atoms with van der Waals surface area (Å²) in [5.74, 6) is 0. The molecule has 0 bridgehead atoms. The zero-order valence-electron chi connectivity index (χ0n) is 11.5. The minimum atomic E-state index is 0.387. The number of rotatable bonds is 5. The van der Waals surface area contributed by atoms with Crippen molar-refractivity contribution in [3.05, 3.63) is 35.4 Å². The molecule has 1 saturated heterocycles. The van der Waals surface area contributed by atoms with Gasteiger partial charge in [0.1, 0.15) is 0 Å². The number of morpholine rings is 1. The number of nitrogens with zero attached hydrogens (tertiary/aromatic N) is 1. The fourth-order valence-electron chi connectivity index (χ4n) is 2.33. The predicted molar refractivity (Wildman–Crippen MR) is 74.7 cm³/mol. The van der Waals surface area contributed by atoms with E-state index < -0.39 is 0 Å². The Morgan fingerprint density at radius 3 is 2.94 bits per heavy atom. The lowest BCUT2D eigenvalue weighted by Gasteiger charge is -2.26. The van der Waals surface area contributed by atoms with Gasteiger partial charge in [0.05, 0.1) is 12.7 Å². The van der Waals surface area contributed by atoms with E-state index >= 15 is 0 Å². The van der Waals surface area contributed by atoms with E-state index in [1.165, 1.54) is 11.1 Å². The SMILES string of the molecule is Cc1ccccc1CN(C)CCC1CNCCO1. The highest BCUT2D eigenvalue weighted by molar-refractivity contribution is 5.25. The van der Waals surface area contributed by atoms with Gasteiger partial charge in [-0.05, 0) is 31.5 Å². The topological polar surface area (TPSA) is 24.5 Å². The lowest BCUT2D eigenvalue weighted by Crippen LogP contribution is -2.40. The summed E-state index contributed by atoms with van der Waals surface area (Å²) in [6.45, 7) is 7.13. The molecule has 1 atom stereocenters. The Hall–Kier alpha value is -0.900. The molecule has 0 saturated carbocycles. The summed E-state index contributed by atoms with van der Waals surface area (Å²) in [5.41, 5.74) is 2.79. The molecule has 3 heteroatoms.